The lowest BCUT2D eigenvalue weighted by molar-refractivity contribution is -0.143. The van der Waals surface area contributed by atoms with Crippen molar-refractivity contribution in [1.82, 2.24) is 19.9 Å². The molecule has 0 atom stereocenters. The van der Waals surface area contributed by atoms with Crippen molar-refractivity contribution < 1.29 is 38.1 Å². The van der Waals surface area contributed by atoms with Gasteiger partial charge in [0.05, 0.1) is 44.4 Å². The van der Waals surface area contributed by atoms with Crippen molar-refractivity contribution in [2.75, 3.05) is 0 Å². The van der Waals surface area contributed by atoms with Gasteiger partial charge in [-0.3, -0.25) is 19.2 Å². The van der Waals surface area contributed by atoms with Crippen LogP contribution in [0.15, 0.2) is 121 Å². The zero-order chi connectivity index (χ0) is 54.5. The minimum absolute atomic E-state index is 0.327. The number of carbonyl (C=O) groups is 4. The number of para-hydroxylation sites is 4. The molecule has 12 heteroatoms. The van der Waals surface area contributed by atoms with Crippen molar-refractivity contribution in [3.63, 3.8) is 0 Å². The Kier molecular flexibility index (Phi) is 13.7. The number of H-pyrrole nitrogens is 2. The lowest BCUT2D eigenvalue weighted by Crippen LogP contribution is -2.25. The molecule has 12 nitrogen and oxygen atoms in total. The predicted molar refractivity (Wildman–Crippen MR) is 301 cm³/mol. The summed E-state index contributed by atoms with van der Waals surface area (Å²) in [5, 5.41) is 0. The molecule has 0 amide bonds. The van der Waals surface area contributed by atoms with Gasteiger partial charge < -0.3 is 28.9 Å². The number of hydrogen-bond donors (Lipinski definition) is 2. The molecule has 2 aliphatic heterocycles. The molecule has 2 N–H and O–H groups in total. The van der Waals surface area contributed by atoms with Gasteiger partial charge in [0, 0.05) is 66.6 Å². The molecule has 0 aliphatic carbocycles. The maximum atomic E-state index is 13.7. The molecule has 9 rings (SSSR count). The Labute approximate surface area is 442 Å². The number of aromatic nitrogens is 4. The van der Waals surface area contributed by atoms with Crippen molar-refractivity contribution >= 4 is 70.2 Å². The minimum Gasteiger partial charge on any atom is -0.425 e. The van der Waals surface area contributed by atoms with Gasteiger partial charge in [-0.15, -0.1) is 0 Å². The third-order valence-corrected chi connectivity index (χ3v) is 12.6. The standard InChI is InChI=1S/C64H62N4O8/c1-61(2,3)57(69)73-49-25-17-13-21-37(49)53-41-29-31-43(65-41)54(38-22-14-18-26-50(38)74-58(70)62(4,5)6)45-33-35-47(67-45)56(40-24-16-20-28-52(40)76-60(72)64(10,11)12)48-36-34-46(68-48)55(44-32-30-42(53)66-44)39-23-15-19-27-51(39)75-59(71)63(7,8)9/h13-36,65,68H,1-12H3. The fraction of sp³-hybridized carbons (Fsp3) is 0.250. The molecule has 0 spiro atoms. The quantitative estimate of drug-likeness (QED) is 0.111. The molecule has 2 aliphatic rings. The molecular weight excluding hydrogens is 953 g/mol. The van der Waals surface area contributed by atoms with E-state index in [4.69, 9.17) is 28.9 Å². The summed E-state index contributed by atoms with van der Waals surface area (Å²) in [6, 6.07) is 37.2. The Morgan fingerprint density at radius 3 is 0.711 bits per heavy atom. The molecule has 386 valence electrons. The summed E-state index contributed by atoms with van der Waals surface area (Å²) < 4.78 is 24.9. The summed E-state index contributed by atoms with van der Waals surface area (Å²) in [5.41, 5.74) is 6.09. The SMILES string of the molecule is CC(C)(C)C(=O)Oc1ccccc1-c1c2nc(c(-c3ccccc3OC(=O)C(C)(C)C)c3ccc([nH]3)c(-c3ccccc3OC(=O)C(C)(C)C)c3nc(c(-c4ccccc4OC(=O)C(C)(C)C)c4ccc1[nH]4)C=C3)C=C2. The Bertz CT molecular complexity index is 3250. The van der Waals surface area contributed by atoms with Crippen LogP contribution in [0.4, 0.5) is 0 Å². The van der Waals surface area contributed by atoms with Gasteiger partial charge in [0.2, 0.25) is 0 Å². The fourth-order valence-corrected chi connectivity index (χ4v) is 8.40. The maximum absolute atomic E-state index is 13.7. The highest BCUT2D eigenvalue weighted by Crippen LogP contribution is 2.45. The number of fused-ring (bicyclic) bond motifs is 8. The number of esters is 4. The average Bonchev–Trinajstić information content (AvgIpc) is 4.23. The van der Waals surface area contributed by atoms with Crippen LogP contribution >= 0.6 is 0 Å². The lowest BCUT2D eigenvalue weighted by Gasteiger charge is -2.19. The van der Waals surface area contributed by atoms with Crippen LogP contribution in [-0.2, 0) is 19.2 Å². The van der Waals surface area contributed by atoms with E-state index in [1.807, 2.05) is 121 Å². The highest BCUT2D eigenvalue weighted by Gasteiger charge is 2.31. The summed E-state index contributed by atoms with van der Waals surface area (Å²) in [6.45, 7) is 21.6. The number of nitrogens with zero attached hydrogens (tertiary/aromatic N) is 2. The fourth-order valence-electron chi connectivity index (χ4n) is 8.40. The van der Waals surface area contributed by atoms with E-state index in [1.54, 1.807) is 107 Å². The third kappa shape index (κ3) is 10.7. The lowest BCUT2D eigenvalue weighted by atomic mass is 9.97. The van der Waals surface area contributed by atoms with E-state index in [-0.39, 0.29) is 0 Å². The summed E-state index contributed by atoms with van der Waals surface area (Å²) in [5.74, 6) is -0.368. The van der Waals surface area contributed by atoms with Crippen molar-refractivity contribution in [3.05, 3.63) is 144 Å². The number of rotatable bonds is 8. The van der Waals surface area contributed by atoms with Crippen LogP contribution in [0.2, 0.25) is 0 Å². The molecule has 3 aromatic heterocycles. The Morgan fingerprint density at radius 2 is 0.513 bits per heavy atom. The Balaban J connectivity index is 1.47. The monoisotopic (exact) mass is 1010 g/mol. The van der Waals surface area contributed by atoms with E-state index in [1.165, 1.54) is 0 Å². The van der Waals surface area contributed by atoms with Crippen molar-refractivity contribution in [3.8, 4) is 67.5 Å². The maximum Gasteiger partial charge on any atom is 0.316 e. The van der Waals surface area contributed by atoms with Crippen molar-refractivity contribution in [2.24, 2.45) is 21.7 Å². The van der Waals surface area contributed by atoms with Crippen LogP contribution in [0, 0.1) is 21.7 Å². The zero-order valence-electron chi connectivity index (χ0n) is 45.0. The van der Waals surface area contributed by atoms with Gasteiger partial charge in [-0.2, -0.15) is 0 Å². The second kappa shape index (κ2) is 19.9. The predicted octanol–water partition coefficient (Wildman–Crippen LogP) is 15.1. The van der Waals surface area contributed by atoms with Gasteiger partial charge in [-0.1, -0.05) is 72.8 Å². The van der Waals surface area contributed by atoms with Crippen molar-refractivity contribution in [1.29, 1.82) is 0 Å². The summed E-state index contributed by atoms with van der Waals surface area (Å²) >= 11 is 0. The van der Waals surface area contributed by atoms with Gasteiger partial charge in [-0.25, -0.2) is 9.97 Å². The first-order valence-corrected chi connectivity index (χ1v) is 25.3. The van der Waals surface area contributed by atoms with Crippen LogP contribution in [0.3, 0.4) is 0 Å². The van der Waals surface area contributed by atoms with Crippen LogP contribution in [0.5, 0.6) is 23.0 Å². The number of nitrogens with one attached hydrogen (secondary N) is 2. The molecule has 76 heavy (non-hydrogen) atoms. The van der Waals surface area contributed by atoms with Crippen LogP contribution in [0.25, 0.3) is 90.9 Å². The molecule has 0 unspecified atom stereocenters. The van der Waals surface area contributed by atoms with Gasteiger partial charge in [0.15, 0.2) is 0 Å². The second-order valence-corrected chi connectivity index (χ2v) is 23.0. The summed E-state index contributed by atoms with van der Waals surface area (Å²) in [7, 11) is 0. The number of hydrogen-bond acceptors (Lipinski definition) is 10. The molecule has 7 aromatic rings. The molecule has 0 radical (unpaired) electrons. The van der Waals surface area contributed by atoms with Gasteiger partial charge in [0.25, 0.3) is 0 Å². The number of aromatic amines is 2. The van der Waals surface area contributed by atoms with E-state index >= 15 is 0 Å². The van der Waals surface area contributed by atoms with Crippen molar-refractivity contribution in [2.45, 2.75) is 83.1 Å². The molecule has 0 saturated heterocycles. The van der Waals surface area contributed by atoms with Gasteiger partial charge >= 0.3 is 23.9 Å². The first-order valence-electron chi connectivity index (χ1n) is 25.3. The van der Waals surface area contributed by atoms with Crippen LogP contribution in [0.1, 0.15) is 106 Å². The third-order valence-electron chi connectivity index (χ3n) is 12.6. The van der Waals surface area contributed by atoms with E-state index in [2.05, 4.69) is 9.97 Å². The number of carbonyl (C=O) groups excluding carboxylic acids is 4. The highest BCUT2D eigenvalue weighted by molar-refractivity contribution is 6.02. The van der Waals surface area contributed by atoms with E-state index in [9.17, 15) is 19.2 Å². The number of ether oxygens (including phenoxy) is 4. The minimum atomic E-state index is -0.818. The average molecular weight is 1020 g/mol. The Morgan fingerprint density at radius 1 is 0.316 bits per heavy atom. The first-order chi connectivity index (χ1) is 35.9. The summed E-state index contributed by atoms with van der Waals surface area (Å²) in [6.07, 6.45) is 7.64. The number of benzene rings is 4. The molecule has 4 aromatic carbocycles. The molecule has 0 fully saturated rings. The van der Waals surface area contributed by atoms with E-state index in [0.29, 0.717) is 112 Å². The van der Waals surface area contributed by atoms with E-state index in [0.717, 1.165) is 0 Å². The first kappa shape index (κ1) is 52.2. The highest BCUT2D eigenvalue weighted by atomic mass is 16.5. The Hall–Kier alpha value is -8.64. The van der Waals surface area contributed by atoms with Gasteiger partial charge in [-0.05, 0) is 156 Å². The van der Waals surface area contributed by atoms with Crippen LogP contribution < -0.4 is 18.9 Å². The van der Waals surface area contributed by atoms with E-state index < -0.39 is 45.5 Å². The van der Waals surface area contributed by atoms with Gasteiger partial charge in [0.1, 0.15) is 23.0 Å². The topological polar surface area (TPSA) is 163 Å². The smallest absolute Gasteiger partial charge is 0.316 e. The summed E-state index contributed by atoms with van der Waals surface area (Å²) in [4.78, 5) is 73.0. The largest absolute Gasteiger partial charge is 0.425 e. The molecule has 8 bridgehead atoms. The molecule has 0 saturated carbocycles. The molecule has 5 heterocycles. The second-order valence-electron chi connectivity index (χ2n) is 23.0. The normalized spacial score (nSPS) is 12.6. The molecular formula is C64H62N4O8. The zero-order valence-corrected chi connectivity index (χ0v) is 45.0. The van der Waals surface area contributed by atoms with Crippen LogP contribution in [-0.4, -0.2) is 43.8 Å².